The second-order valence-electron chi connectivity index (χ2n) is 5.70. The van der Waals surface area contributed by atoms with Crippen LogP contribution in [-0.4, -0.2) is 32.2 Å². The van der Waals surface area contributed by atoms with Gasteiger partial charge in [-0.15, -0.1) is 0 Å². The van der Waals surface area contributed by atoms with Gasteiger partial charge in [0.25, 0.3) is 0 Å². The van der Waals surface area contributed by atoms with Crippen LogP contribution in [0.5, 0.6) is 5.88 Å². The zero-order valence-corrected chi connectivity index (χ0v) is 14.8. The lowest BCUT2D eigenvalue weighted by atomic mass is 10.0. The zero-order chi connectivity index (χ0) is 19.6. The number of rotatable bonds is 6. The normalized spacial score (nSPS) is 12.2. The molecule has 1 aromatic carbocycles. The fourth-order valence-electron chi connectivity index (χ4n) is 2.57. The van der Waals surface area contributed by atoms with Gasteiger partial charge in [0.1, 0.15) is 0 Å². The highest BCUT2D eigenvalue weighted by molar-refractivity contribution is 6.30. The molecule has 0 saturated carbocycles. The molecule has 1 N–H and O–H groups in total. The van der Waals surface area contributed by atoms with Crippen molar-refractivity contribution in [3.8, 4) is 17.0 Å². The van der Waals surface area contributed by atoms with E-state index in [-0.39, 0.29) is 17.6 Å². The third kappa shape index (κ3) is 4.22. The van der Waals surface area contributed by atoms with Crippen LogP contribution in [0.4, 0.5) is 8.78 Å². The maximum atomic E-state index is 12.7. The average Bonchev–Trinajstić information content (AvgIpc) is 3.11. The summed E-state index contributed by atoms with van der Waals surface area (Å²) in [7, 11) is 0. The first-order valence-corrected chi connectivity index (χ1v) is 8.20. The van der Waals surface area contributed by atoms with Crippen LogP contribution in [0.15, 0.2) is 49.1 Å². The van der Waals surface area contributed by atoms with Crippen LogP contribution in [0, 0.1) is 0 Å². The number of carboxylic acid groups (broad SMARTS) is 1. The molecule has 0 aliphatic heterocycles. The number of nitrogens with zero attached hydrogens (tertiary/aromatic N) is 3. The van der Waals surface area contributed by atoms with Gasteiger partial charge in [-0.3, -0.25) is 0 Å². The molecule has 140 valence electrons. The van der Waals surface area contributed by atoms with E-state index in [0.717, 1.165) is 0 Å². The lowest BCUT2D eigenvalue weighted by molar-refractivity contribution is -0.0524. The van der Waals surface area contributed by atoms with Crippen LogP contribution in [-0.2, 0) is 0 Å². The number of benzene rings is 1. The number of carbonyl (C=O) groups is 1. The van der Waals surface area contributed by atoms with Crippen LogP contribution in [0.3, 0.4) is 0 Å². The Morgan fingerprint density at radius 3 is 2.70 bits per heavy atom. The fourth-order valence-corrected chi connectivity index (χ4v) is 2.76. The summed E-state index contributed by atoms with van der Waals surface area (Å²) in [5.41, 5.74) is 1.47. The molecule has 3 aromatic rings. The molecule has 0 spiro atoms. The molecule has 0 aliphatic rings. The summed E-state index contributed by atoms with van der Waals surface area (Å²) in [5, 5.41) is 9.44. The monoisotopic (exact) mass is 393 g/mol. The van der Waals surface area contributed by atoms with Gasteiger partial charge >= 0.3 is 12.6 Å². The van der Waals surface area contributed by atoms with Gasteiger partial charge in [-0.05, 0) is 36.2 Å². The Morgan fingerprint density at radius 2 is 2.07 bits per heavy atom. The Labute approximate surface area is 158 Å². The number of alkyl halides is 2. The second kappa shape index (κ2) is 7.71. The van der Waals surface area contributed by atoms with Gasteiger partial charge in [-0.2, -0.15) is 8.78 Å². The highest BCUT2D eigenvalue weighted by atomic mass is 35.5. The Kier molecular flexibility index (Phi) is 5.36. The number of aromatic carboxylic acids is 1. The van der Waals surface area contributed by atoms with Gasteiger partial charge < -0.3 is 14.4 Å². The number of hydrogen-bond donors (Lipinski definition) is 1. The molecular weight excluding hydrogens is 380 g/mol. The van der Waals surface area contributed by atoms with E-state index < -0.39 is 12.6 Å². The van der Waals surface area contributed by atoms with E-state index in [2.05, 4.69) is 14.7 Å². The number of ether oxygens (including phenoxy) is 1. The van der Waals surface area contributed by atoms with Crippen molar-refractivity contribution in [1.82, 2.24) is 14.5 Å². The van der Waals surface area contributed by atoms with Crippen LogP contribution in [0.1, 0.15) is 29.0 Å². The van der Waals surface area contributed by atoms with Crippen LogP contribution in [0.2, 0.25) is 5.02 Å². The third-order valence-electron chi connectivity index (χ3n) is 3.96. The van der Waals surface area contributed by atoms with Gasteiger partial charge in [-0.1, -0.05) is 23.7 Å². The first-order chi connectivity index (χ1) is 12.8. The number of hydrogen-bond acceptors (Lipinski definition) is 4. The number of pyridine rings is 1. The Bertz CT molecular complexity index is 978. The van der Waals surface area contributed by atoms with Crippen molar-refractivity contribution in [2.75, 3.05) is 0 Å². The van der Waals surface area contributed by atoms with E-state index in [0.29, 0.717) is 21.7 Å². The van der Waals surface area contributed by atoms with E-state index in [1.54, 1.807) is 41.8 Å². The van der Waals surface area contributed by atoms with E-state index in [1.807, 2.05) is 0 Å². The molecule has 27 heavy (non-hydrogen) atoms. The Balaban J connectivity index is 2.03. The smallest absolute Gasteiger partial charge is 0.388 e. The molecule has 2 aromatic heterocycles. The molecule has 0 fully saturated rings. The predicted octanol–water partition coefficient (Wildman–Crippen LogP) is 4.51. The minimum absolute atomic E-state index is 0.0949. The minimum Gasteiger partial charge on any atom is -0.476 e. The number of halogens is 3. The summed E-state index contributed by atoms with van der Waals surface area (Å²) >= 11 is 6.01. The summed E-state index contributed by atoms with van der Waals surface area (Å²) in [6, 6.07) is 7.99. The largest absolute Gasteiger partial charge is 0.476 e. The number of imidazole rings is 1. The maximum Gasteiger partial charge on any atom is 0.388 e. The summed E-state index contributed by atoms with van der Waals surface area (Å²) < 4.78 is 31.6. The lowest BCUT2D eigenvalue weighted by Gasteiger charge is -2.16. The molecule has 3 rings (SSSR count). The van der Waals surface area contributed by atoms with Crippen molar-refractivity contribution >= 4 is 17.6 Å². The van der Waals surface area contributed by atoms with Gasteiger partial charge in [0.05, 0.1) is 12.4 Å². The van der Waals surface area contributed by atoms with E-state index in [9.17, 15) is 13.6 Å². The highest BCUT2D eigenvalue weighted by Gasteiger charge is 2.18. The molecule has 1 atom stereocenters. The molecule has 9 heteroatoms. The van der Waals surface area contributed by atoms with Gasteiger partial charge in [0.2, 0.25) is 5.88 Å². The van der Waals surface area contributed by atoms with Crippen molar-refractivity contribution < 1.29 is 23.4 Å². The quantitative estimate of drug-likeness (QED) is 0.666. The second-order valence-corrected chi connectivity index (χ2v) is 6.13. The summed E-state index contributed by atoms with van der Waals surface area (Å²) in [4.78, 5) is 18.8. The summed E-state index contributed by atoms with van der Waals surface area (Å²) in [6.07, 6.45) is 4.17. The zero-order valence-electron chi connectivity index (χ0n) is 14.0. The van der Waals surface area contributed by atoms with Crippen molar-refractivity contribution in [2.45, 2.75) is 19.6 Å². The third-order valence-corrected chi connectivity index (χ3v) is 4.19. The minimum atomic E-state index is -3.02. The molecule has 0 radical (unpaired) electrons. The van der Waals surface area contributed by atoms with Gasteiger partial charge in [0.15, 0.2) is 5.69 Å². The maximum absolute atomic E-state index is 12.7. The van der Waals surface area contributed by atoms with E-state index in [1.165, 1.54) is 18.7 Å². The molecule has 2 heterocycles. The standard InChI is InChI=1S/C18H14ClF2N3O3/c1-10(24-8-15(17(25)26)23-9-24)12-6-14(11-3-2-4-13(19)5-11)16(22-7-12)27-18(20)21/h2-10,18H,1H3,(H,25,26). The topological polar surface area (TPSA) is 77.2 Å². The molecule has 0 saturated heterocycles. The summed E-state index contributed by atoms with van der Waals surface area (Å²) in [5.74, 6) is -1.36. The average molecular weight is 394 g/mol. The Hall–Kier alpha value is -3.00. The first-order valence-electron chi connectivity index (χ1n) is 7.82. The molecule has 1 unspecified atom stereocenters. The molecule has 0 bridgehead atoms. The summed E-state index contributed by atoms with van der Waals surface area (Å²) in [6.45, 7) is -1.22. The van der Waals surface area contributed by atoms with Gasteiger partial charge in [0, 0.05) is 23.0 Å². The number of carboxylic acids is 1. The van der Waals surface area contributed by atoms with Crippen molar-refractivity contribution in [3.05, 3.63) is 65.3 Å². The van der Waals surface area contributed by atoms with E-state index >= 15 is 0 Å². The Morgan fingerprint density at radius 1 is 1.30 bits per heavy atom. The molecule has 0 aliphatic carbocycles. The molecular formula is C18H14ClF2N3O3. The van der Waals surface area contributed by atoms with Crippen molar-refractivity contribution in [1.29, 1.82) is 0 Å². The van der Waals surface area contributed by atoms with Crippen LogP contribution >= 0.6 is 11.6 Å². The van der Waals surface area contributed by atoms with Gasteiger partial charge in [-0.25, -0.2) is 14.8 Å². The van der Waals surface area contributed by atoms with E-state index in [4.69, 9.17) is 16.7 Å². The SMILES string of the molecule is CC(c1cnc(OC(F)F)c(-c2cccc(Cl)c2)c1)n1cnc(C(=O)O)c1. The first kappa shape index (κ1) is 18.8. The van der Waals surface area contributed by atoms with Crippen LogP contribution < -0.4 is 4.74 Å². The van der Waals surface area contributed by atoms with Crippen molar-refractivity contribution in [2.24, 2.45) is 0 Å². The predicted molar refractivity (Wildman–Crippen MR) is 94.3 cm³/mol. The highest BCUT2D eigenvalue weighted by Crippen LogP contribution is 2.33. The van der Waals surface area contributed by atoms with Crippen LogP contribution in [0.25, 0.3) is 11.1 Å². The fraction of sp³-hybridized carbons (Fsp3) is 0.167. The lowest BCUT2D eigenvalue weighted by Crippen LogP contribution is -2.09. The number of aromatic nitrogens is 3. The molecule has 0 amide bonds. The molecule has 6 nitrogen and oxygen atoms in total. The van der Waals surface area contributed by atoms with Crippen molar-refractivity contribution in [3.63, 3.8) is 0 Å².